The lowest BCUT2D eigenvalue weighted by atomic mass is 10.2. The van der Waals surface area contributed by atoms with E-state index < -0.39 is 11.9 Å². The SMILES string of the molecule is COC1(OC)ON(c2ccc(Cl)cc2)C1(OC)OC. The lowest BCUT2D eigenvalue weighted by Gasteiger charge is -2.58. The van der Waals surface area contributed by atoms with E-state index in [4.69, 9.17) is 35.4 Å². The minimum absolute atomic E-state index is 0.620. The molecule has 1 fully saturated rings. The van der Waals surface area contributed by atoms with Gasteiger partial charge in [-0.25, -0.2) is 0 Å². The van der Waals surface area contributed by atoms with Crippen molar-refractivity contribution < 1.29 is 23.8 Å². The highest BCUT2D eigenvalue weighted by Gasteiger charge is 2.73. The molecule has 1 saturated heterocycles. The number of benzene rings is 1. The third-order valence-corrected chi connectivity index (χ3v) is 3.27. The Labute approximate surface area is 116 Å². The van der Waals surface area contributed by atoms with Crippen LogP contribution in [0.1, 0.15) is 0 Å². The van der Waals surface area contributed by atoms with Crippen molar-refractivity contribution in [3.63, 3.8) is 0 Å². The second-order valence-corrected chi connectivity index (χ2v) is 4.25. The van der Waals surface area contributed by atoms with Crippen LogP contribution in [0.15, 0.2) is 24.3 Å². The van der Waals surface area contributed by atoms with Gasteiger partial charge in [-0.15, -0.1) is 0 Å². The van der Waals surface area contributed by atoms with Gasteiger partial charge in [0.15, 0.2) is 0 Å². The molecule has 1 aliphatic heterocycles. The second kappa shape index (κ2) is 5.24. The van der Waals surface area contributed by atoms with E-state index in [9.17, 15) is 0 Å². The van der Waals surface area contributed by atoms with Gasteiger partial charge >= 0.3 is 11.9 Å². The molecule has 0 amide bonds. The number of nitrogens with zero attached hydrogens (tertiary/aromatic N) is 1. The van der Waals surface area contributed by atoms with Crippen molar-refractivity contribution in [1.29, 1.82) is 0 Å². The Bertz CT molecular complexity index is 430. The fourth-order valence-corrected chi connectivity index (χ4v) is 2.16. The van der Waals surface area contributed by atoms with Crippen LogP contribution in [0.2, 0.25) is 5.02 Å². The molecular weight excluding hydrogens is 274 g/mol. The minimum Gasteiger partial charge on any atom is -0.328 e. The third-order valence-electron chi connectivity index (χ3n) is 3.02. The summed E-state index contributed by atoms with van der Waals surface area (Å²) in [7, 11) is 5.83. The Hall–Kier alpha value is -0.890. The zero-order valence-corrected chi connectivity index (χ0v) is 11.9. The van der Waals surface area contributed by atoms with E-state index in [0.29, 0.717) is 10.7 Å². The average molecular weight is 290 g/mol. The highest BCUT2D eigenvalue weighted by molar-refractivity contribution is 6.30. The summed E-state index contributed by atoms with van der Waals surface area (Å²) in [4.78, 5) is 5.54. The van der Waals surface area contributed by atoms with E-state index >= 15 is 0 Å². The summed E-state index contributed by atoms with van der Waals surface area (Å²) in [5.41, 5.74) is 0.692. The number of halogens is 1. The molecule has 0 saturated carbocycles. The first kappa shape index (κ1) is 14.5. The van der Waals surface area contributed by atoms with Gasteiger partial charge in [0.25, 0.3) is 0 Å². The van der Waals surface area contributed by atoms with E-state index in [1.54, 1.807) is 24.3 Å². The van der Waals surface area contributed by atoms with Crippen molar-refractivity contribution in [2.45, 2.75) is 11.9 Å². The Balaban J connectivity index is 2.36. The predicted molar refractivity (Wildman–Crippen MR) is 68.5 cm³/mol. The molecule has 1 aliphatic rings. The maximum Gasteiger partial charge on any atom is 0.385 e. The van der Waals surface area contributed by atoms with E-state index in [0.717, 1.165) is 0 Å². The van der Waals surface area contributed by atoms with E-state index in [-0.39, 0.29) is 0 Å². The molecule has 0 N–H and O–H groups in total. The molecule has 106 valence electrons. The van der Waals surface area contributed by atoms with Gasteiger partial charge in [0.2, 0.25) is 0 Å². The summed E-state index contributed by atoms with van der Waals surface area (Å²) in [6, 6.07) is 7.00. The maximum absolute atomic E-state index is 5.86. The van der Waals surface area contributed by atoms with Gasteiger partial charge in [-0.05, 0) is 24.3 Å². The van der Waals surface area contributed by atoms with Crippen LogP contribution in [0.4, 0.5) is 5.69 Å². The van der Waals surface area contributed by atoms with Gasteiger partial charge in [0, 0.05) is 33.5 Å². The van der Waals surface area contributed by atoms with E-state index in [2.05, 4.69) is 0 Å². The summed E-state index contributed by atoms with van der Waals surface area (Å²) in [6.45, 7) is 0. The standard InChI is InChI=1S/C12H16ClNO5/c1-15-11(16-2)12(17-3,18-4)19-14(11)10-7-5-9(13)6-8-10/h5-8H,1-4H3. The molecule has 0 radical (unpaired) electrons. The first-order valence-electron chi connectivity index (χ1n) is 5.54. The third kappa shape index (κ3) is 1.92. The predicted octanol–water partition coefficient (Wildman–Crippen LogP) is 1.98. The Morgan fingerprint density at radius 3 is 1.89 bits per heavy atom. The molecule has 0 bridgehead atoms. The number of rotatable bonds is 5. The van der Waals surface area contributed by atoms with Gasteiger partial charge in [0.1, 0.15) is 0 Å². The zero-order valence-electron chi connectivity index (χ0n) is 11.2. The first-order chi connectivity index (χ1) is 9.09. The van der Waals surface area contributed by atoms with Crippen LogP contribution in [0, 0.1) is 0 Å². The van der Waals surface area contributed by atoms with Gasteiger partial charge < -0.3 is 18.9 Å². The summed E-state index contributed by atoms with van der Waals surface area (Å²) < 4.78 is 21.3. The monoisotopic (exact) mass is 289 g/mol. The molecule has 7 heteroatoms. The number of hydroxylamine groups is 1. The number of ether oxygens (including phenoxy) is 4. The van der Waals surface area contributed by atoms with Gasteiger partial charge in [-0.1, -0.05) is 11.6 Å². The van der Waals surface area contributed by atoms with Gasteiger partial charge in [0.05, 0.1) is 5.69 Å². The van der Waals surface area contributed by atoms with Crippen LogP contribution in [-0.4, -0.2) is 40.3 Å². The molecule has 0 unspecified atom stereocenters. The Kier molecular flexibility index (Phi) is 4.00. The maximum atomic E-state index is 5.86. The van der Waals surface area contributed by atoms with Crippen LogP contribution in [-0.2, 0) is 23.8 Å². The Morgan fingerprint density at radius 2 is 1.47 bits per heavy atom. The molecule has 19 heavy (non-hydrogen) atoms. The number of methoxy groups -OCH3 is 4. The van der Waals surface area contributed by atoms with Crippen molar-refractivity contribution in [3.8, 4) is 0 Å². The van der Waals surface area contributed by atoms with E-state index in [1.807, 2.05) is 0 Å². The molecule has 1 aromatic carbocycles. The Morgan fingerprint density at radius 1 is 0.947 bits per heavy atom. The quantitative estimate of drug-likeness (QED) is 0.773. The summed E-state index contributed by atoms with van der Waals surface area (Å²) in [5.74, 6) is -2.81. The number of hydrogen-bond donors (Lipinski definition) is 0. The molecule has 0 atom stereocenters. The van der Waals surface area contributed by atoms with Crippen LogP contribution in [0.25, 0.3) is 0 Å². The molecule has 2 rings (SSSR count). The number of hydrogen-bond acceptors (Lipinski definition) is 6. The molecule has 1 aromatic rings. The van der Waals surface area contributed by atoms with Crippen molar-refractivity contribution in [2.24, 2.45) is 0 Å². The second-order valence-electron chi connectivity index (χ2n) is 3.82. The van der Waals surface area contributed by atoms with Gasteiger partial charge in [-0.3, -0.25) is 0 Å². The van der Waals surface area contributed by atoms with Gasteiger partial charge in [-0.2, -0.15) is 9.90 Å². The molecule has 1 heterocycles. The molecule has 0 aromatic heterocycles. The summed E-state index contributed by atoms with van der Waals surface area (Å²) in [5, 5.41) is 2.03. The van der Waals surface area contributed by atoms with E-state index in [1.165, 1.54) is 33.5 Å². The zero-order chi connectivity index (χ0) is 14.1. The topological polar surface area (TPSA) is 49.4 Å². The number of anilines is 1. The average Bonchev–Trinajstić information content (AvgIpc) is 2.43. The molecular formula is C12H16ClNO5. The highest BCUT2D eigenvalue weighted by Crippen LogP contribution is 2.48. The van der Waals surface area contributed by atoms with Crippen molar-refractivity contribution in [1.82, 2.24) is 0 Å². The first-order valence-corrected chi connectivity index (χ1v) is 5.92. The van der Waals surface area contributed by atoms with Crippen molar-refractivity contribution in [2.75, 3.05) is 33.5 Å². The molecule has 0 spiro atoms. The van der Waals surface area contributed by atoms with Crippen molar-refractivity contribution in [3.05, 3.63) is 29.3 Å². The fourth-order valence-electron chi connectivity index (χ4n) is 2.04. The van der Waals surface area contributed by atoms with Crippen LogP contribution in [0.3, 0.4) is 0 Å². The van der Waals surface area contributed by atoms with Crippen LogP contribution < -0.4 is 5.06 Å². The lowest BCUT2D eigenvalue weighted by Crippen LogP contribution is -2.81. The normalized spacial score (nSPS) is 20.2. The summed E-state index contributed by atoms with van der Waals surface area (Å²) >= 11 is 5.86. The smallest absolute Gasteiger partial charge is 0.328 e. The van der Waals surface area contributed by atoms with Crippen LogP contribution in [0.5, 0.6) is 0 Å². The molecule has 6 nitrogen and oxygen atoms in total. The minimum atomic E-state index is -1.46. The molecule has 0 aliphatic carbocycles. The largest absolute Gasteiger partial charge is 0.385 e. The van der Waals surface area contributed by atoms with Crippen LogP contribution >= 0.6 is 11.6 Å². The van der Waals surface area contributed by atoms with Crippen molar-refractivity contribution >= 4 is 17.3 Å². The highest BCUT2D eigenvalue weighted by atomic mass is 35.5. The lowest BCUT2D eigenvalue weighted by molar-refractivity contribution is -0.567. The summed E-state index contributed by atoms with van der Waals surface area (Å²) in [6.07, 6.45) is 0. The fraction of sp³-hybridized carbons (Fsp3) is 0.500.